The maximum Gasteiger partial charge on any atom is 0.346 e. The van der Waals surface area contributed by atoms with Crippen LogP contribution in [0.4, 0.5) is 0 Å². The third-order valence-electron chi connectivity index (χ3n) is 2.78. The first-order valence-electron chi connectivity index (χ1n) is 6.26. The van der Waals surface area contributed by atoms with Gasteiger partial charge in [-0.3, -0.25) is 0 Å². The van der Waals surface area contributed by atoms with E-state index in [1.165, 1.54) is 21.3 Å². The first-order valence-corrected chi connectivity index (χ1v) is 6.26. The molecule has 1 unspecified atom stereocenters. The van der Waals surface area contributed by atoms with E-state index in [0.29, 0.717) is 30.2 Å². The number of methoxy groups -OCH3 is 3. The van der Waals surface area contributed by atoms with Crippen LogP contribution in [0, 0.1) is 0 Å². The van der Waals surface area contributed by atoms with Crippen molar-refractivity contribution in [1.29, 1.82) is 0 Å². The van der Waals surface area contributed by atoms with Crippen molar-refractivity contribution in [2.75, 3.05) is 27.9 Å². The Morgan fingerprint density at radius 2 is 1.75 bits per heavy atom. The molecule has 0 aromatic heterocycles. The highest BCUT2D eigenvalue weighted by Gasteiger charge is 2.21. The number of nitrogens with two attached hydrogens (primary N) is 1. The van der Waals surface area contributed by atoms with Crippen molar-refractivity contribution in [3.05, 3.63) is 17.7 Å². The number of carbonyl (C=O) groups excluding carboxylic acids is 1. The zero-order valence-electron chi connectivity index (χ0n) is 12.3. The first kappa shape index (κ1) is 16.1. The van der Waals surface area contributed by atoms with E-state index in [1.54, 1.807) is 6.92 Å². The van der Waals surface area contributed by atoms with Crippen LogP contribution in [0.2, 0.25) is 0 Å². The average Bonchev–Trinajstić information content (AvgIpc) is 2.47. The van der Waals surface area contributed by atoms with Crippen LogP contribution in [0.1, 0.15) is 12.5 Å². The Labute approximate surface area is 118 Å². The first-order chi connectivity index (χ1) is 9.57. The van der Waals surface area contributed by atoms with E-state index in [1.807, 2.05) is 12.1 Å². The SMILES string of the molecule is COC(=O)C(C)Oc1c(OC)cc(CCN)cc1OC. The van der Waals surface area contributed by atoms with Crippen LogP contribution in [-0.2, 0) is 16.0 Å². The molecule has 0 aliphatic heterocycles. The highest BCUT2D eigenvalue weighted by Crippen LogP contribution is 2.39. The molecule has 20 heavy (non-hydrogen) atoms. The van der Waals surface area contributed by atoms with Crippen LogP contribution >= 0.6 is 0 Å². The molecule has 0 bridgehead atoms. The molecule has 1 rings (SSSR count). The molecule has 0 radical (unpaired) electrons. The molecule has 6 heteroatoms. The van der Waals surface area contributed by atoms with Gasteiger partial charge >= 0.3 is 5.97 Å². The van der Waals surface area contributed by atoms with Gasteiger partial charge in [0, 0.05) is 0 Å². The van der Waals surface area contributed by atoms with Crippen LogP contribution < -0.4 is 19.9 Å². The van der Waals surface area contributed by atoms with Crippen LogP contribution in [0.3, 0.4) is 0 Å². The molecule has 1 aromatic carbocycles. The molecule has 0 spiro atoms. The minimum atomic E-state index is -0.761. The van der Waals surface area contributed by atoms with Gasteiger partial charge in [0.2, 0.25) is 5.75 Å². The summed E-state index contributed by atoms with van der Waals surface area (Å²) in [5, 5.41) is 0. The van der Waals surface area contributed by atoms with Gasteiger partial charge in [-0.1, -0.05) is 0 Å². The highest BCUT2D eigenvalue weighted by atomic mass is 16.6. The predicted molar refractivity (Wildman–Crippen MR) is 74.4 cm³/mol. The summed E-state index contributed by atoms with van der Waals surface area (Å²) in [6, 6.07) is 3.63. The lowest BCUT2D eigenvalue weighted by atomic mass is 10.1. The maximum absolute atomic E-state index is 11.4. The van der Waals surface area contributed by atoms with E-state index in [4.69, 9.17) is 19.9 Å². The summed E-state index contributed by atoms with van der Waals surface area (Å²) in [4.78, 5) is 11.4. The Morgan fingerprint density at radius 3 is 2.15 bits per heavy atom. The number of hydrogen-bond donors (Lipinski definition) is 1. The Hall–Kier alpha value is -1.95. The van der Waals surface area contributed by atoms with Gasteiger partial charge in [0.25, 0.3) is 0 Å². The molecule has 0 amide bonds. The zero-order chi connectivity index (χ0) is 15.1. The molecule has 0 heterocycles. The van der Waals surface area contributed by atoms with Gasteiger partial charge in [0.1, 0.15) is 0 Å². The topological polar surface area (TPSA) is 80.0 Å². The molecule has 112 valence electrons. The number of esters is 1. The number of rotatable bonds is 7. The zero-order valence-corrected chi connectivity index (χ0v) is 12.3. The van der Waals surface area contributed by atoms with Gasteiger partial charge in [-0.2, -0.15) is 0 Å². The van der Waals surface area contributed by atoms with E-state index >= 15 is 0 Å². The largest absolute Gasteiger partial charge is 0.493 e. The lowest BCUT2D eigenvalue weighted by molar-refractivity contribution is -0.148. The van der Waals surface area contributed by atoms with Crippen molar-refractivity contribution in [3.8, 4) is 17.2 Å². The highest BCUT2D eigenvalue weighted by molar-refractivity contribution is 5.74. The van der Waals surface area contributed by atoms with Gasteiger partial charge < -0.3 is 24.7 Å². The van der Waals surface area contributed by atoms with Crippen LogP contribution in [0.15, 0.2) is 12.1 Å². The Balaban J connectivity index is 3.12. The second-order valence-electron chi connectivity index (χ2n) is 4.15. The fourth-order valence-corrected chi connectivity index (χ4v) is 1.75. The Kier molecular flexibility index (Phi) is 6.11. The minimum absolute atomic E-state index is 0.369. The fraction of sp³-hybridized carbons (Fsp3) is 0.500. The number of hydrogen-bond acceptors (Lipinski definition) is 6. The van der Waals surface area contributed by atoms with Crippen molar-refractivity contribution in [2.24, 2.45) is 5.73 Å². The van der Waals surface area contributed by atoms with Crippen molar-refractivity contribution in [1.82, 2.24) is 0 Å². The number of ether oxygens (including phenoxy) is 4. The van der Waals surface area contributed by atoms with E-state index < -0.39 is 12.1 Å². The second-order valence-corrected chi connectivity index (χ2v) is 4.15. The lowest BCUT2D eigenvalue weighted by Crippen LogP contribution is -2.25. The molecule has 1 aromatic rings. The fourth-order valence-electron chi connectivity index (χ4n) is 1.75. The van der Waals surface area contributed by atoms with Crippen LogP contribution in [0.25, 0.3) is 0 Å². The molecule has 0 saturated carbocycles. The van der Waals surface area contributed by atoms with Gasteiger partial charge in [0.05, 0.1) is 21.3 Å². The van der Waals surface area contributed by atoms with Crippen LogP contribution in [0.5, 0.6) is 17.2 Å². The quantitative estimate of drug-likeness (QED) is 0.756. The molecule has 2 N–H and O–H groups in total. The average molecular weight is 283 g/mol. The monoisotopic (exact) mass is 283 g/mol. The summed E-state index contributed by atoms with van der Waals surface area (Å²) < 4.78 is 20.8. The van der Waals surface area contributed by atoms with Gasteiger partial charge in [-0.25, -0.2) is 4.79 Å². The van der Waals surface area contributed by atoms with Crippen molar-refractivity contribution in [3.63, 3.8) is 0 Å². The van der Waals surface area contributed by atoms with Crippen molar-refractivity contribution in [2.45, 2.75) is 19.4 Å². The molecular weight excluding hydrogens is 262 g/mol. The summed E-state index contributed by atoms with van der Waals surface area (Å²) in [5.41, 5.74) is 6.52. The third kappa shape index (κ3) is 3.77. The molecule has 0 fully saturated rings. The Morgan fingerprint density at radius 1 is 1.20 bits per heavy atom. The molecule has 0 aliphatic rings. The summed E-state index contributed by atoms with van der Waals surface area (Å²) in [7, 11) is 4.36. The van der Waals surface area contributed by atoms with E-state index in [9.17, 15) is 4.79 Å². The molecule has 1 atom stereocenters. The summed E-state index contributed by atoms with van der Waals surface area (Å²) >= 11 is 0. The van der Waals surface area contributed by atoms with E-state index in [2.05, 4.69) is 4.74 Å². The standard InChI is InChI=1S/C14H21NO5/c1-9(14(16)19-4)20-13-11(17-2)7-10(5-6-15)8-12(13)18-3/h7-9H,5-6,15H2,1-4H3. The summed E-state index contributed by atoms with van der Waals surface area (Å²) in [6.07, 6.45) is -0.0670. The normalized spacial score (nSPS) is 11.7. The third-order valence-corrected chi connectivity index (χ3v) is 2.78. The van der Waals surface area contributed by atoms with Crippen molar-refractivity contribution >= 4 is 5.97 Å². The Bertz CT molecular complexity index is 436. The number of benzene rings is 1. The maximum atomic E-state index is 11.4. The number of carbonyl (C=O) groups is 1. The molecule has 0 aliphatic carbocycles. The van der Waals surface area contributed by atoms with Crippen molar-refractivity contribution < 1.29 is 23.7 Å². The smallest absolute Gasteiger partial charge is 0.346 e. The van der Waals surface area contributed by atoms with Gasteiger partial charge in [0.15, 0.2) is 17.6 Å². The predicted octanol–water partition coefficient (Wildman–Crippen LogP) is 1.15. The molecular formula is C14H21NO5. The molecule has 0 saturated heterocycles. The summed E-state index contributed by atoms with van der Waals surface area (Å²) in [5.74, 6) is 0.876. The van der Waals surface area contributed by atoms with E-state index in [-0.39, 0.29) is 0 Å². The molecule has 6 nitrogen and oxygen atoms in total. The lowest BCUT2D eigenvalue weighted by Gasteiger charge is -2.18. The summed E-state index contributed by atoms with van der Waals surface area (Å²) in [6.45, 7) is 2.11. The van der Waals surface area contributed by atoms with Gasteiger partial charge in [-0.05, 0) is 37.6 Å². The minimum Gasteiger partial charge on any atom is -0.493 e. The van der Waals surface area contributed by atoms with Crippen LogP contribution in [-0.4, -0.2) is 39.9 Å². The second kappa shape index (κ2) is 7.59. The van der Waals surface area contributed by atoms with Gasteiger partial charge in [-0.15, -0.1) is 0 Å². The van der Waals surface area contributed by atoms with E-state index in [0.717, 1.165) is 5.56 Å².